The number of ether oxygens (including phenoxy) is 5. The maximum Gasteiger partial charge on any atom is 0.411 e. The highest BCUT2D eigenvalue weighted by molar-refractivity contribution is 6.13. The lowest BCUT2D eigenvalue weighted by Gasteiger charge is -2.26. The lowest BCUT2D eigenvalue weighted by atomic mass is 10.0. The summed E-state index contributed by atoms with van der Waals surface area (Å²) in [6.07, 6.45) is 1.76. The van der Waals surface area contributed by atoms with Gasteiger partial charge < -0.3 is 49.6 Å². The van der Waals surface area contributed by atoms with Gasteiger partial charge in [-0.2, -0.15) is 0 Å². The SMILES string of the molecule is C=CCOC(=O)Nc1cc(OCCCC(=O)OC)c(OC)cc1C(=O)N1c2cc(NC(=O)[C@H](C)NC(=O)[C@@H](NC(=O)OCC=C)C(C)C)ccc2C[C@H]1CO. The number of rotatable bonds is 19. The van der Waals surface area contributed by atoms with Crippen LogP contribution in [0.3, 0.4) is 0 Å². The van der Waals surface area contributed by atoms with Gasteiger partial charge in [0.05, 0.1) is 44.7 Å². The van der Waals surface area contributed by atoms with Crippen molar-refractivity contribution >= 4 is 52.9 Å². The van der Waals surface area contributed by atoms with E-state index in [1.54, 1.807) is 32.0 Å². The first-order chi connectivity index (χ1) is 26.3. The molecule has 0 fully saturated rings. The minimum absolute atomic E-state index is 0.00477. The molecule has 0 saturated heterocycles. The Morgan fingerprint density at radius 2 is 1.60 bits per heavy atom. The van der Waals surface area contributed by atoms with Crippen LogP contribution in [-0.2, 0) is 35.0 Å². The van der Waals surface area contributed by atoms with Gasteiger partial charge in [-0.3, -0.25) is 24.5 Å². The summed E-state index contributed by atoms with van der Waals surface area (Å²) in [6, 6.07) is 4.91. The van der Waals surface area contributed by atoms with E-state index in [-0.39, 0.29) is 67.0 Å². The number of anilines is 3. The number of aliphatic hydroxyl groups excluding tert-OH is 1. The summed E-state index contributed by atoms with van der Waals surface area (Å²) in [5.74, 6) is -2.25. The Morgan fingerprint density at radius 1 is 0.909 bits per heavy atom. The average Bonchev–Trinajstić information content (AvgIpc) is 3.54. The molecule has 17 heteroatoms. The van der Waals surface area contributed by atoms with Gasteiger partial charge in [0.25, 0.3) is 5.91 Å². The van der Waals surface area contributed by atoms with Crippen LogP contribution in [-0.4, -0.2) is 99.8 Å². The van der Waals surface area contributed by atoms with E-state index < -0.39 is 60.6 Å². The quantitative estimate of drug-likeness (QED) is 0.0598. The fraction of sp³-hybridized carbons (Fsp3) is 0.421. The molecule has 3 atom stereocenters. The summed E-state index contributed by atoms with van der Waals surface area (Å²) < 4.78 is 26.0. The molecule has 5 N–H and O–H groups in total. The summed E-state index contributed by atoms with van der Waals surface area (Å²) in [5, 5.41) is 20.8. The summed E-state index contributed by atoms with van der Waals surface area (Å²) >= 11 is 0. The van der Waals surface area contributed by atoms with Crippen molar-refractivity contribution in [3.05, 3.63) is 66.8 Å². The first-order valence-electron chi connectivity index (χ1n) is 17.5. The molecule has 1 heterocycles. The number of methoxy groups -OCH3 is 2. The van der Waals surface area contributed by atoms with Crippen molar-refractivity contribution < 1.29 is 57.6 Å². The third-order valence-electron chi connectivity index (χ3n) is 8.28. The molecule has 55 heavy (non-hydrogen) atoms. The highest BCUT2D eigenvalue weighted by atomic mass is 16.6. The number of aliphatic hydroxyl groups is 1. The van der Waals surface area contributed by atoms with Crippen LogP contribution in [0.2, 0.25) is 0 Å². The van der Waals surface area contributed by atoms with E-state index in [0.29, 0.717) is 17.7 Å². The maximum absolute atomic E-state index is 14.4. The topological polar surface area (TPSA) is 220 Å². The molecular weight excluding hydrogens is 718 g/mol. The van der Waals surface area contributed by atoms with Crippen LogP contribution in [0.15, 0.2) is 55.6 Å². The van der Waals surface area contributed by atoms with Gasteiger partial charge in [-0.05, 0) is 49.4 Å². The van der Waals surface area contributed by atoms with Crippen LogP contribution >= 0.6 is 0 Å². The smallest absolute Gasteiger partial charge is 0.411 e. The molecule has 2 aromatic rings. The fourth-order valence-electron chi connectivity index (χ4n) is 5.48. The van der Waals surface area contributed by atoms with E-state index in [1.807, 2.05) is 0 Å². The van der Waals surface area contributed by atoms with Gasteiger partial charge in [0.2, 0.25) is 11.8 Å². The third kappa shape index (κ3) is 11.9. The minimum Gasteiger partial charge on any atom is -0.493 e. The number of esters is 1. The molecule has 1 aliphatic rings. The fourth-order valence-corrected chi connectivity index (χ4v) is 5.48. The van der Waals surface area contributed by atoms with Crippen molar-refractivity contribution in [1.82, 2.24) is 10.6 Å². The zero-order chi connectivity index (χ0) is 40.7. The highest BCUT2D eigenvalue weighted by Gasteiger charge is 2.36. The number of carbonyl (C=O) groups is 6. The number of nitrogens with zero attached hydrogens (tertiary/aromatic N) is 1. The Labute approximate surface area is 319 Å². The summed E-state index contributed by atoms with van der Waals surface area (Å²) in [7, 11) is 2.65. The number of carbonyl (C=O) groups excluding carboxylic acids is 6. The number of hydrogen-bond donors (Lipinski definition) is 5. The molecule has 0 aromatic heterocycles. The highest BCUT2D eigenvalue weighted by Crippen LogP contribution is 2.39. The Balaban J connectivity index is 1.89. The van der Waals surface area contributed by atoms with E-state index in [2.05, 4.69) is 39.2 Å². The van der Waals surface area contributed by atoms with Gasteiger partial charge in [-0.1, -0.05) is 45.2 Å². The summed E-state index contributed by atoms with van der Waals surface area (Å²) in [6.45, 7) is 11.4. The summed E-state index contributed by atoms with van der Waals surface area (Å²) in [4.78, 5) is 78.4. The van der Waals surface area contributed by atoms with Gasteiger partial charge in [0.15, 0.2) is 11.5 Å². The molecule has 0 saturated carbocycles. The molecule has 1 aliphatic heterocycles. The zero-order valence-electron chi connectivity index (χ0n) is 31.6. The zero-order valence-corrected chi connectivity index (χ0v) is 31.6. The van der Waals surface area contributed by atoms with Crippen molar-refractivity contribution in [1.29, 1.82) is 0 Å². The standard InChI is InChI=1S/C38H49N5O12/c1-8-14-54-37(49)41-28-20-31(53-16-10-11-32(45)52-7)30(51-6)19-27(28)36(48)43-26(21-44)17-24-12-13-25(18-29(24)43)40-34(46)23(5)39-35(47)33(22(3)4)42-38(50)55-15-9-2/h8-9,12-13,18-20,22-23,26,33,44H,1-2,10-11,14-17,21H2,3-7H3,(H,39,47)(H,40,46)(H,41,49)(H,42,50)/t23-,26-,33-/m0/s1. The number of alkyl carbamates (subject to hydrolysis) is 1. The third-order valence-corrected chi connectivity index (χ3v) is 8.28. The van der Waals surface area contributed by atoms with Gasteiger partial charge in [0, 0.05) is 23.9 Å². The Morgan fingerprint density at radius 3 is 2.22 bits per heavy atom. The predicted octanol–water partition coefficient (Wildman–Crippen LogP) is 3.71. The van der Waals surface area contributed by atoms with Gasteiger partial charge in [-0.15, -0.1) is 0 Å². The number of fused-ring (bicyclic) bond motifs is 1. The van der Waals surface area contributed by atoms with Gasteiger partial charge >= 0.3 is 18.2 Å². The van der Waals surface area contributed by atoms with Crippen LogP contribution < -0.4 is 35.6 Å². The minimum atomic E-state index is -1.04. The number of amides is 5. The van der Waals surface area contributed by atoms with Crippen molar-refractivity contribution in [2.75, 3.05) is 56.2 Å². The lowest BCUT2D eigenvalue weighted by Crippen LogP contribution is -2.53. The molecule has 0 radical (unpaired) electrons. The van der Waals surface area contributed by atoms with Crippen molar-refractivity contribution in [2.24, 2.45) is 5.92 Å². The Hall–Kier alpha value is -6.10. The second-order valence-electron chi connectivity index (χ2n) is 12.6. The first-order valence-corrected chi connectivity index (χ1v) is 17.5. The Kier molecular flexibility index (Phi) is 16.5. The van der Waals surface area contributed by atoms with Crippen molar-refractivity contribution in [3.8, 4) is 11.5 Å². The molecule has 0 unspecified atom stereocenters. The average molecular weight is 768 g/mol. The first kappa shape index (κ1) is 43.3. The van der Waals surface area contributed by atoms with Crippen molar-refractivity contribution in [3.63, 3.8) is 0 Å². The largest absolute Gasteiger partial charge is 0.493 e. The number of benzene rings is 2. The maximum atomic E-state index is 14.4. The van der Waals surface area contributed by atoms with Gasteiger partial charge in [-0.25, -0.2) is 9.59 Å². The molecule has 0 aliphatic carbocycles. The van der Waals surface area contributed by atoms with Crippen LogP contribution in [0.1, 0.15) is 49.5 Å². The van der Waals surface area contributed by atoms with Crippen LogP contribution in [0, 0.1) is 5.92 Å². The van der Waals surface area contributed by atoms with E-state index in [9.17, 15) is 33.9 Å². The van der Waals surface area contributed by atoms with Crippen molar-refractivity contribution in [2.45, 2.75) is 58.2 Å². The molecule has 3 rings (SSSR count). The summed E-state index contributed by atoms with van der Waals surface area (Å²) in [5.41, 5.74) is 1.33. The molecule has 0 bridgehead atoms. The molecule has 2 aromatic carbocycles. The lowest BCUT2D eigenvalue weighted by molar-refractivity contribution is -0.140. The van der Waals surface area contributed by atoms with E-state index >= 15 is 0 Å². The second kappa shape index (κ2) is 21.0. The molecular formula is C38H49N5O12. The molecule has 298 valence electrons. The normalized spacial score (nSPS) is 14.0. The van der Waals surface area contributed by atoms with E-state index in [4.69, 9.17) is 18.9 Å². The number of hydrogen-bond acceptors (Lipinski definition) is 12. The van der Waals surface area contributed by atoms with Crippen LogP contribution in [0.5, 0.6) is 11.5 Å². The Bertz CT molecular complexity index is 1750. The number of nitrogens with one attached hydrogen (secondary N) is 4. The van der Waals surface area contributed by atoms with E-state index in [1.165, 1.54) is 50.3 Å². The van der Waals surface area contributed by atoms with Crippen LogP contribution in [0.4, 0.5) is 26.7 Å². The molecule has 5 amide bonds. The monoisotopic (exact) mass is 767 g/mol. The second-order valence-corrected chi connectivity index (χ2v) is 12.6. The van der Waals surface area contributed by atoms with Gasteiger partial charge in [0.1, 0.15) is 25.3 Å². The molecule has 0 spiro atoms. The van der Waals surface area contributed by atoms with Crippen LogP contribution in [0.25, 0.3) is 0 Å². The molecule has 17 nitrogen and oxygen atoms in total. The van der Waals surface area contributed by atoms with E-state index in [0.717, 1.165) is 0 Å². The predicted molar refractivity (Wildman–Crippen MR) is 202 cm³/mol.